The summed E-state index contributed by atoms with van der Waals surface area (Å²) < 4.78 is 5.74. The van der Waals surface area contributed by atoms with Crippen LogP contribution < -0.4 is 70.0 Å². The zero-order valence-corrected chi connectivity index (χ0v) is 56.1. The normalized spacial score (nSPS) is 20.6. The second-order valence-corrected chi connectivity index (χ2v) is 24.7. The maximum absolute atomic E-state index is 14.8. The van der Waals surface area contributed by atoms with Crippen LogP contribution in [0, 0.1) is 23.7 Å². The lowest BCUT2D eigenvalue weighted by atomic mass is 9.94. The molecule has 1 fully saturated rings. The number of primary amides is 1. The van der Waals surface area contributed by atoms with Crippen LogP contribution in [0.15, 0.2) is 60.8 Å². The minimum Gasteiger partial charge on any atom is -0.458 e. The average Bonchev–Trinajstić information content (AvgIpc) is 1.58. The second kappa shape index (κ2) is 38.6. The van der Waals surface area contributed by atoms with Gasteiger partial charge in [0, 0.05) is 29.9 Å². The predicted octanol–water partition coefficient (Wildman–Crippen LogP) is -0.0745. The zero-order valence-electron chi connectivity index (χ0n) is 56.1. The first-order valence-electron chi connectivity index (χ1n) is 32.8. The third-order valence-electron chi connectivity index (χ3n) is 17.6. The van der Waals surface area contributed by atoms with Crippen LogP contribution in [0.25, 0.3) is 10.9 Å². The third kappa shape index (κ3) is 22.9. The first-order chi connectivity index (χ1) is 44.7. The molecule has 94 heavy (non-hydrogen) atoms. The van der Waals surface area contributed by atoms with E-state index in [1.807, 2.05) is 55.5 Å². The van der Waals surface area contributed by atoms with E-state index in [1.54, 1.807) is 67.8 Å². The number of carbonyl (C=O) groups excluding carboxylic acids is 12. The maximum atomic E-state index is 14.8. The highest BCUT2D eigenvalue weighted by Crippen LogP contribution is 2.22. The van der Waals surface area contributed by atoms with Crippen molar-refractivity contribution in [3.05, 3.63) is 71.9 Å². The summed E-state index contributed by atoms with van der Waals surface area (Å²) in [5, 5.41) is 40.9. The Balaban J connectivity index is 1.61. The van der Waals surface area contributed by atoms with Crippen molar-refractivity contribution in [2.24, 2.45) is 35.1 Å². The van der Waals surface area contributed by atoms with E-state index < -0.39 is 180 Å². The number of nitrogens with two attached hydrogens (primary N) is 2. The van der Waals surface area contributed by atoms with Gasteiger partial charge in [-0.25, -0.2) is 4.79 Å². The van der Waals surface area contributed by atoms with E-state index in [0.717, 1.165) is 16.5 Å². The van der Waals surface area contributed by atoms with Crippen LogP contribution in [0.5, 0.6) is 0 Å². The van der Waals surface area contributed by atoms with Gasteiger partial charge in [-0.05, 0) is 100 Å². The van der Waals surface area contributed by atoms with Gasteiger partial charge in [-0.3, -0.25) is 52.7 Å². The first-order valence-corrected chi connectivity index (χ1v) is 32.8. The summed E-state index contributed by atoms with van der Waals surface area (Å²) in [5.74, 6) is -12.4. The SMILES string of the molecule is CC[C@H](C)[C@H](NC(=O)[C@@H](Cc1ccccc1)NC)C(=O)N[C@@H](Cc1c[nH]c2ccccc12)C(=O)N[C@H](CCC(N)=O)C(=O)N[C@@H](C(=O)N[C@H](C(=O)N[C@@H](CO)C(=O)N[C@H]1C(=O)N[C@@H](C)C(=O)N[C@@H](CCCCN)C(=O)N[C@@H]([C@@H](C)CC)C(=O)O[C@H]1C)[C@@H](C)CC)[C@@H](C)CC. The summed E-state index contributed by atoms with van der Waals surface area (Å²) in [5.41, 5.74) is 13.5. The van der Waals surface area contributed by atoms with Gasteiger partial charge in [0.05, 0.1) is 12.6 Å². The van der Waals surface area contributed by atoms with Gasteiger partial charge in [0.25, 0.3) is 0 Å². The number of aromatic nitrogens is 1. The van der Waals surface area contributed by atoms with Crippen LogP contribution >= 0.6 is 0 Å². The van der Waals surface area contributed by atoms with Crippen LogP contribution in [0.2, 0.25) is 0 Å². The predicted molar refractivity (Wildman–Crippen MR) is 352 cm³/mol. The molecule has 0 aliphatic carbocycles. The number of ether oxygens (including phenoxy) is 1. The van der Waals surface area contributed by atoms with Crippen molar-refractivity contribution in [1.29, 1.82) is 0 Å². The van der Waals surface area contributed by atoms with Crippen LogP contribution in [0.4, 0.5) is 0 Å². The smallest absolute Gasteiger partial charge is 0.329 e. The number of benzene rings is 2. The number of unbranched alkanes of at least 4 members (excludes halogenated alkanes) is 1. The molecular weight excluding hydrogens is 1210 g/mol. The summed E-state index contributed by atoms with van der Waals surface area (Å²) in [4.78, 5) is 172. The van der Waals surface area contributed by atoms with E-state index in [-0.39, 0.29) is 32.1 Å². The highest BCUT2D eigenvalue weighted by Gasteiger charge is 2.41. The summed E-state index contributed by atoms with van der Waals surface area (Å²) in [6.45, 7) is 15.8. The molecule has 4 rings (SSSR count). The highest BCUT2D eigenvalue weighted by molar-refractivity contribution is 6.00. The quantitative estimate of drug-likeness (QED) is 0.0271. The lowest BCUT2D eigenvalue weighted by Gasteiger charge is -2.31. The molecule has 1 aliphatic rings. The van der Waals surface area contributed by atoms with Gasteiger partial charge < -0.3 is 84.8 Å². The lowest BCUT2D eigenvalue weighted by molar-refractivity contribution is -0.157. The molecule has 28 nitrogen and oxygen atoms in total. The van der Waals surface area contributed by atoms with Crippen molar-refractivity contribution >= 4 is 81.9 Å². The number of aliphatic hydroxyl groups is 1. The third-order valence-corrected chi connectivity index (χ3v) is 17.6. The highest BCUT2D eigenvalue weighted by atomic mass is 16.5. The number of nitrogens with one attached hydrogen (secondary N) is 12. The number of esters is 1. The van der Waals surface area contributed by atoms with Gasteiger partial charge in [0.1, 0.15) is 66.5 Å². The molecular formula is C66H102N14O14. The molecule has 0 radical (unpaired) electrons. The number of hydrogen-bond donors (Lipinski definition) is 15. The molecule has 3 aromatic rings. The number of aromatic amines is 1. The van der Waals surface area contributed by atoms with E-state index in [0.29, 0.717) is 44.2 Å². The second-order valence-electron chi connectivity index (χ2n) is 24.7. The van der Waals surface area contributed by atoms with Gasteiger partial charge in [-0.2, -0.15) is 0 Å². The zero-order chi connectivity index (χ0) is 69.9. The molecule has 0 spiro atoms. The molecule has 520 valence electrons. The van der Waals surface area contributed by atoms with Crippen LogP contribution in [0.1, 0.15) is 138 Å². The summed E-state index contributed by atoms with van der Waals surface area (Å²) >= 11 is 0. The number of amides is 11. The monoisotopic (exact) mass is 1310 g/mol. The molecule has 0 bridgehead atoms. The fourth-order valence-electron chi connectivity index (χ4n) is 10.6. The Kier molecular flexibility index (Phi) is 32.0. The Hall–Kier alpha value is -8.50. The number of rotatable bonds is 35. The number of para-hydroxylation sites is 1. The Labute approximate surface area is 550 Å². The number of H-pyrrole nitrogens is 1. The molecule has 1 saturated heterocycles. The minimum atomic E-state index is -1.81. The molecule has 0 saturated carbocycles. The van der Waals surface area contributed by atoms with E-state index in [4.69, 9.17) is 16.2 Å². The number of fused-ring (bicyclic) bond motifs is 1. The fourth-order valence-corrected chi connectivity index (χ4v) is 10.6. The van der Waals surface area contributed by atoms with Gasteiger partial charge in [0.15, 0.2) is 0 Å². The molecule has 1 aliphatic heterocycles. The van der Waals surface area contributed by atoms with Crippen molar-refractivity contribution in [2.45, 2.75) is 212 Å². The average molecular weight is 1320 g/mol. The molecule has 28 heteroatoms. The van der Waals surface area contributed by atoms with E-state index >= 15 is 0 Å². The van der Waals surface area contributed by atoms with Crippen molar-refractivity contribution in [1.82, 2.24) is 63.5 Å². The minimum absolute atomic E-state index is 0.113. The largest absolute Gasteiger partial charge is 0.458 e. The lowest BCUT2D eigenvalue weighted by Crippen LogP contribution is -2.63. The van der Waals surface area contributed by atoms with E-state index in [1.165, 1.54) is 13.8 Å². The van der Waals surface area contributed by atoms with Crippen LogP contribution in [-0.2, 0) is 75.1 Å². The van der Waals surface area contributed by atoms with E-state index in [2.05, 4.69) is 63.5 Å². The van der Waals surface area contributed by atoms with Crippen molar-refractivity contribution in [3.8, 4) is 0 Å². The molecule has 17 N–H and O–H groups in total. The van der Waals surface area contributed by atoms with Crippen molar-refractivity contribution < 1.29 is 67.4 Å². The molecule has 11 amide bonds. The van der Waals surface area contributed by atoms with E-state index in [9.17, 15) is 62.6 Å². The molecule has 1 aromatic heterocycles. The molecule has 2 aromatic carbocycles. The van der Waals surface area contributed by atoms with Gasteiger partial charge in [0.2, 0.25) is 65.0 Å². The van der Waals surface area contributed by atoms with Gasteiger partial charge in [-0.1, -0.05) is 130 Å². The first kappa shape index (κ1) is 77.9. The van der Waals surface area contributed by atoms with Gasteiger partial charge >= 0.3 is 5.97 Å². The summed E-state index contributed by atoms with van der Waals surface area (Å²) in [6, 6.07) is 1.74. The Morgan fingerprint density at radius 3 is 1.68 bits per heavy atom. The Morgan fingerprint density at radius 1 is 0.596 bits per heavy atom. The van der Waals surface area contributed by atoms with Gasteiger partial charge in [-0.15, -0.1) is 0 Å². The standard InChI is InChI=1S/C66H102N14O14/c1-12-35(5)51(77-59(86)47(69-11)31-41-23-17-16-18-24-41)62(89)74-48(32-42-33-70-44-26-20-19-25-43(42)44)60(87)73-46(28-29-50(68)82)58(85)76-53(37(7)14-3)64(91)78-52(36(6)13-2)63(90)75-49(34-81)61(88)80-55-40(10)94-66(93)54(38(8)15-4)79-57(84)45(27-21-22-30-67)72-56(83)39(9)71-65(55)92/h16-20,23-26,33,35-40,45-49,51-55,69-70,81H,12-15,21-22,27-32,34,67H2,1-11H3,(H2,68,82)(H,71,92)(H,72,83)(H,73,87)(H,74,89)(H,75,90)(H,76,85)(H,77,86)(H,78,91)(H,79,84)(H,80,88)/t35-,36-,37-,38-,39-,40-,45-,46+,47+,48-,49-,51-,52-,53+,54-,55+/m0/s1. The Morgan fingerprint density at radius 2 is 1.13 bits per heavy atom. The number of likely N-dealkylation sites (N-methyl/N-ethyl adjacent to an activating group) is 1. The maximum Gasteiger partial charge on any atom is 0.329 e. The summed E-state index contributed by atoms with van der Waals surface area (Å²) in [7, 11) is 1.63. The Bertz CT molecular complexity index is 3060. The van der Waals surface area contributed by atoms with Crippen LogP contribution in [-0.4, -0.2) is 174 Å². The number of cyclic esters (lactones) is 1. The number of aliphatic hydroxyl groups excluding tert-OH is 1. The number of hydrogen-bond acceptors (Lipinski definition) is 16. The molecule has 16 atom stereocenters. The van der Waals surface area contributed by atoms with Crippen molar-refractivity contribution in [3.63, 3.8) is 0 Å². The topological polar surface area (TPSA) is 434 Å². The number of carbonyl (C=O) groups is 12. The molecule has 2 heterocycles. The van der Waals surface area contributed by atoms with Crippen molar-refractivity contribution in [2.75, 3.05) is 20.2 Å². The molecule has 0 unspecified atom stereocenters. The fraction of sp³-hybridized carbons (Fsp3) is 0.606. The van der Waals surface area contributed by atoms with Crippen LogP contribution in [0.3, 0.4) is 0 Å². The summed E-state index contributed by atoms with van der Waals surface area (Å²) in [6.07, 6.45) is 2.21.